The summed E-state index contributed by atoms with van der Waals surface area (Å²) in [5.74, 6) is 1.00. The van der Waals surface area contributed by atoms with Gasteiger partial charge < -0.3 is 0 Å². The van der Waals surface area contributed by atoms with E-state index < -0.39 is 0 Å². The predicted molar refractivity (Wildman–Crippen MR) is 45.4 cm³/mol. The molecule has 0 N–H and O–H groups in total. The summed E-state index contributed by atoms with van der Waals surface area (Å²) in [5, 5.41) is 1.33. The van der Waals surface area contributed by atoms with Crippen LogP contribution in [0.2, 0.25) is 0 Å². The van der Waals surface area contributed by atoms with Crippen molar-refractivity contribution in [1.82, 2.24) is 0 Å². The molecule has 0 radical (unpaired) electrons. The van der Waals surface area contributed by atoms with Crippen molar-refractivity contribution >= 4 is 16.8 Å². The number of hydrogen-bond acceptors (Lipinski definition) is 1. The smallest absolute Gasteiger partial charge is 0.207 e. The highest BCUT2D eigenvalue weighted by molar-refractivity contribution is 8.13. The molecule has 2 heteroatoms. The minimum Gasteiger partial charge on any atom is -0.234 e. The van der Waals surface area contributed by atoms with Crippen LogP contribution < -0.4 is 0 Å². The van der Waals surface area contributed by atoms with E-state index in [0.717, 1.165) is 5.75 Å². The summed E-state index contributed by atoms with van der Waals surface area (Å²) in [6.07, 6.45) is 1.91. The Morgan fingerprint density at radius 3 is 2.56 bits per heavy atom. The maximum absolute atomic E-state index is 3.64. The Bertz CT molecular complexity index is 123. The molecule has 9 heavy (non-hydrogen) atoms. The molecule has 0 atom stereocenters. The van der Waals surface area contributed by atoms with Crippen LogP contribution in [0.3, 0.4) is 0 Å². The molecule has 52 valence electrons. The molecule has 0 bridgehead atoms. The van der Waals surface area contributed by atoms with Gasteiger partial charge in [-0.25, -0.2) is 4.58 Å². The zero-order chi connectivity index (χ0) is 7.28. The molecule has 0 rings (SSSR count). The Morgan fingerprint density at radius 2 is 2.22 bits per heavy atom. The van der Waals surface area contributed by atoms with Crippen molar-refractivity contribution in [3.8, 4) is 0 Å². The SMILES string of the molecule is C=CCSC(C)=[N+](C)C. The zero-order valence-electron chi connectivity index (χ0n) is 6.35. The summed E-state index contributed by atoms with van der Waals surface area (Å²) < 4.78 is 2.11. The molecule has 0 unspecified atom stereocenters. The fourth-order valence-electron chi connectivity index (χ4n) is 0.309. The van der Waals surface area contributed by atoms with Crippen molar-refractivity contribution < 1.29 is 4.58 Å². The van der Waals surface area contributed by atoms with Gasteiger partial charge in [0.15, 0.2) is 0 Å². The topological polar surface area (TPSA) is 3.01 Å². The quantitative estimate of drug-likeness (QED) is 0.246. The maximum Gasteiger partial charge on any atom is 0.207 e. The van der Waals surface area contributed by atoms with Gasteiger partial charge in [-0.15, -0.1) is 6.58 Å². The molecule has 0 aliphatic rings. The maximum atomic E-state index is 3.64. The third kappa shape index (κ3) is 4.28. The van der Waals surface area contributed by atoms with Gasteiger partial charge in [0.05, 0.1) is 0 Å². The van der Waals surface area contributed by atoms with Gasteiger partial charge in [0.25, 0.3) is 0 Å². The average Bonchev–Trinajstić information content (AvgIpc) is 1.82. The average molecular weight is 144 g/mol. The number of rotatable bonds is 2. The summed E-state index contributed by atoms with van der Waals surface area (Å²) in [6, 6.07) is 0. The first kappa shape index (κ1) is 8.76. The van der Waals surface area contributed by atoms with Crippen LogP contribution in [-0.4, -0.2) is 29.5 Å². The highest BCUT2D eigenvalue weighted by atomic mass is 32.2. The first-order valence-electron chi connectivity index (χ1n) is 2.93. The van der Waals surface area contributed by atoms with Gasteiger partial charge in [0, 0.05) is 12.7 Å². The molecule has 0 aromatic rings. The van der Waals surface area contributed by atoms with Gasteiger partial charge in [-0.05, 0) is 0 Å². The monoisotopic (exact) mass is 144 g/mol. The standard InChI is InChI=1S/C7H14NS/c1-5-6-9-7(2)8(3)4/h5H,1,6H2,2-4H3/q+1. The fourth-order valence-corrected chi connectivity index (χ4v) is 0.926. The molecular formula is C7H14NS+. The molecule has 0 aromatic heterocycles. The minimum absolute atomic E-state index is 1.00. The molecule has 0 fully saturated rings. The van der Waals surface area contributed by atoms with Gasteiger partial charge in [-0.3, -0.25) is 0 Å². The van der Waals surface area contributed by atoms with Crippen LogP contribution in [-0.2, 0) is 0 Å². The molecule has 0 saturated carbocycles. The van der Waals surface area contributed by atoms with Crippen molar-refractivity contribution in [2.75, 3.05) is 19.8 Å². The second kappa shape index (κ2) is 4.62. The van der Waals surface area contributed by atoms with Gasteiger partial charge in [-0.1, -0.05) is 17.8 Å². The lowest BCUT2D eigenvalue weighted by molar-refractivity contribution is -0.461. The van der Waals surface area contributed by atoms with Crippen molar-refractivity contribution in [3.05, 3.63) is 12.7 Å². The normalized spacial score (nSPS) is 8.78. The molecule has 0 aliphatic heterocycles. The molecule has 0 saturated heterocycles. The molecule has 0 spiro atoms. The second-order valence-electron chi connectivity index (χ2n) is 2.01. The summed E-state index contributed by atoms with van der Waals surface area (Å²) >= 11 is 1.81. The van der Waals surface area contributed by atoms with E-state index >= 15 is 0 Å². The van der Waals surface area contributed by atoms with Crippen LogP contribution >= 0.6 is 11.8 Å². The minimum atomic E-state index is 1.00. The summed E-state index contributed by atoms with van der Waals surface area (Å²) in [5.41, 5.74) is 0. The third-order valence-corrected chi connectivity index (χ3v) is 2.23. The lowest BCUT2D eigenvalue weighted by atomic mass is 10.8. The van der Waals surface area contributed by atoms with Crippen LogP contribution in [0.1, 0.15) is 6.92 Å². The first-order valence-corrected chi connectivity index (χ1v) is 3.91. The van der Waals surface area contributed by atoms with Gasteiger partial charge in [-0.2, -0.15) is 0 Å². The van der Waals surface area contributed by atoms with Crippen molar-refractivity contribution in [3.63, 3.8) is 0 Å². The molecule has 0 aliphatic carbocycles. The summed E-state index contributed by atoms with van der Waals surface area (Å²) in [6.45, 7) is 5.74. The van der Waals surface area contributed by atoms with E-state index in [-0.39, 0.29) is 0 Å². The van der Waals surface area contributed by atoms with Crippen molar-refractivity contribution in [2.45, 2.75) is 6.92 Å². The van der Waals surface area contributed by atoms with Crippen LogP contribution in [0, 0.1) is 0 Å². The van der Waals surface area contributed by atoms with Gasteiger partial charge in [0.2, 0.25) is 5.04 Å². The zero-order valence-corrected chi connectivity index (χ0v) is 7.16. The van der Waals surface area contributed by atoms with E-state index in [2.05, 4.69) is 18.1 Å². The Kier molecular flexibility index (Phi) is 4.50. The first-order chi connectivity index (χ1) is 4.18. The Labute approximate surface area is 61.5 Å². The summed E-state index contributed by atoms with van der Waals surface area (Å²) in [7, 11) is 4.09. The van der Waals surface area contributed by atoms with Crippen LogP contribution in [0.4, 0.5) is 0 Å². The highest BCUT2D eigenvalue weighted by Gasteiger charge is 1.96. The van der Waals surface area contributed by atoms with Gasteiger partial charge in [0.1, 0.15) is 14.1 Å². The predicted octanol–water partition coefficient (Wildman–Crippen LogP) is 1.60. The van der Waals surface area contributed by atoms with Crippen molar-refractivity contribution in [2.24, 2.45) is 0 Å². The van der Waals surface area contributed by atoms with E-state index in [0.29, 0.717) is 0 Å². The molecule has 0 amide bonds. The third-order valence-electron chi connectivity index (χ3n) is 1.04. The number of thioether (sulfide) groups is 1. The fraction of sp³-hybridized carbons (Fsp3) is 0.571. The van der Waals surface area contributed by atoms with E-state index in [1.54, 1.807) is 0 Å². The lowest BCUT2D eigenvalue weighted by Crippen LogP contribution is -2.05. The molecule has 0 aromatic carbocycles. The Balaban J connectivity index is 3.62. The van der Waals surface area contributed by atoms with E-state index in [1.165, 1.54) is 5.04 Å². The largest absolute Gasteiger partial charge is 0.234 e. The second-order valence-corrected chi connectivity index (χ2v) is 3.23. The number of hydrogen-bond donors (Lipinski definition) is 0. The van der Waals surface area contributed by atoms with Crippen LogP contribution in [0.15, 0.2) is 12.7 Å². The Hall–Kier alpha value is -0.240. The van der Waals surface area contributed by atoms with Crippen LogP contribution in [0.5, 0.6) is 0 Å². The number of nitrogens with zero attached hydrogens (tertiary/aromatic N) is 1. The molecular weight excluding hydrogens is 130 g/mol. The highest BCUT2D eigenvalue weighted by Crippen LogP contribution is 2.01. The lowest BCUT2D eigenvalue weighted by Gasteiger charge is -1.92. The molecule has 0 heterocycles. The molecule has 1 nitrogen and oxygen atoms in total. The van der Waals surface area contributed by atoms with Crippen molar-refractivity contribution in [1.29, 1.82) is 0 Å². The van der Waals surface area contributed by atoms with Crippen LogP contribution in [0.25, 0.3) is 0 Å². The van der Waals surface area contributed by atoms with E-state index in [4.69, 9.17) is 0 Å². The van der Waals surface area contributed by atoms with Gasteiger partial charge >= 0.3 is 0 Å². The van der Waals surface area contributed by atoms with E-state index in [1.807, 2.05) is 31.9 Å². The Morgan fingerprint density at radius 1 is 1.67 bits per heavy atom. The summed E-state index contributed by atoms with van der Waals surface area (Å²) in [4.78, 5) is 0. The van der Waals surface area contributed by atoms with E-state index in [9.17, 15) is 0 Å².